The maximum atomic E-state index is 13.5. The minimum atomic E-state index is -3.58. The minimum Gasteiger partial charge on any atom is -0.340 e. The van der Waals surface area contributed by atoms with Gasteiger partial charge in [-0.2, -0.15) is 4.31 Å². The van der Waals surface area contributed by atoms with E-state index in [0.717, 1.165) is 44.2 Å². The highest BCUT2D eigenvalue weighted by Gasteiger charge is 2.44. The van der Waals surface area contributed by atoms with E-state index in [0.29, 0.717) is 23.9 Å². The van der Waals surface area contributed by atoms with Crippen molar-refractivity contribution in [3.05, 3.63) is 29.8 Å². The van der Waals surface area contributed by atoms with Gasteiger partial charge in [-0.15, -0.1) is 0 Å². The third-order valence-electron chi connectivity index (χ3n) is 6.00. The van der Waals surface area contributed by atoms with E-state index in [-0.39, 0.29) is 24.0 Å². The Morgan fingerprint density at radius 1 is 1.23 bits per heavy atom. The van der Waals surface area contributed by atoms with Crippen molar-refractivity contribution in [2.75, 3.05) is 19.6 Å². The van der Waals surface area contributed by atoms with Gasteiger partial charge in [0.05, 0.1) is 10.9 Å². The van der Waals surface area contributed by atoms with Gasteiger partial charge in [-0.3, -0.25) is 4.79 Å². The second-order valence-corrected chi connectivity index (χ2v) is 11.0. The van der Waals surface area contributed by atoms with Gasteiger partial charge in [0.15, 0.2) is 0 Å². The van der Waals surface area contributed by atoms with Crippen molar-refractivity contribution in [2.45, 2.75) is 82.8 Å². The zero-order valence-corrected chi connectivity index (χ0v) is 19.6. The smallest absolute Gasteiger partial charge is 0.243 e. The number of piperidine rings is 1. The van der Waals surface area contributed by atoms with Crippen LogP contribution < -0.4 is 5.32 Å². The molecule has 6 nitrogen and oxygen atoms in total. The summed E-state index contributed by atoms with van der Waals surface area (Å²) >= 11 is 0. The summed E-state index contributed by atoms with van der Waals surface area (Å²) in [4.78, 5) is 15.5. The summed E-state index contributed by atoms with van der Waals surface area (Å²) in [6.07, 6.45) is 4.25. The molecule has 7 heteroatoms. The van der Waals surface area contributed by atoms with Crippen molar-refractivity contribution in [2.24, 2.45) is 5.92 Å². The molecule has 1 unspecified atom stereocenters. The summed E-state index contributed by atoms with van der Waals surface area (Å²) in [7, 11) is -3.58. The van der Waals surface area contributed by atoms with Crippen molar-refractivity contribution >= 4 is 15.9 Å². The molecule has 1 aliphatic heterocycles. The van der Waals surface area contributed by atoms with Gasteiger partial charge in [0.25, 0.3) is 0 Å². The van der Waals surface area contributed by atoms with E-state index in [1.165, 1.54) is 0 Å². The van der Waals surface area contributed by atoms with Crippen LogP contribution in [0.1, 0.15) is 58.4 Å². The average Bonchev–Trinajstić information content (AvgIpc) is 3.52. The normalized spacial score (nSPS) is 21.3. The number of nitrogens with one attached hydrogen (secondary N) is 1. The third-order valence-corrected chi connectivity index (χ3v) is 8.00. The first-order valence-electron chi connectivity index (χ1n) is 11.4. The van der Waals surface area contributed by atoms with E-state index in [9.17, 15) is 13.2 Å². The lowest BCUT2D eigenvalue weighted by molar-refractivity contribution is -0.135. The molecule has 1 heterocycles. The molecule has 0 radical (unpaired) electrons. The fourth-order valence-corrected chi connectivity index (χ4v) is 6.49. The first-order valence-corrected chi connectivity index (χ1v) is 12.8. The first kappa shape index (κ1) is 23.2. The number of sulfonamides is 1. The molecular weight excluding hydrogens is 398 g/mol. The lowest BCUT2D eigenvalue weighted by Crippen LogP contribution is -2.56. The lowest BCUT2D eigenvalue weighted by Gasteiger charge is -2.40. The highest BCUT2D eigenvalue weighted by atomic mass is 32.2. The van der Waals surface area contributed by atoms with Crippen LogP contribution in [0.3, 0.4) is 0 Å². The van der Waals surface area contributed by atoms with Crippen LogP contribution in [0.4, 0.5) is 0 Å². The van der Waals surface area contributed by atoms with E-state index in [4.69, 9.17) is 0 Å². The SMILES string of the molecule is CCN[C@@H](CC(C)C)C(=O)N1CCCC(N(C2CC2)S(=O)(=O)c2cccc(C)c2)C1. The van der Waals surface area contributed by atoms with Crippen LogP contribution in [-0.2, 0) is 14.8 Å². The fraction of sp³-hybridized carbons (Fsp3) is 0.696. The zero-order valence-electron chi connectivity index (χ0n) is 18.8. The molecule has 30 heavy (non-hydrogen) atoms. The number of likely N-dealkylation sites (tertiary alicyclic amines) is 1. The number of rotatable bonds is 9. The van der Waals surface area contributed by atoms with Gasteiger partial charge < -0.3 is 10.2 Å². The largest absolute Gasteiger partial charge is 0.340 e. The monoisotopic (exact) mass is 435 g/mol. The number of carbonyl (C=O) groups is 1. The van der Waals surface area contributed by atoms with E-state index < -0.39 is 10.0 Å². The van der Waals surface area contributed by atoms with Crippen molar-refractivity contribution in [1.82, 2.24) is 14.5 Å². The fourth-order valence-electron chi connectivity index (χ4n) is 4.49. The molecule has 2 aliphatic rings. The van der Waals surface area contributed by atoms with Gasteiger partial charge in [-0.1, -0.05) is 32.9 Å². The number of carbonyl (C=O) groups excluding carboxylic acids is 1. The molecular formula is C23H37N3O3S. The summed E-state index contributed by atoms with van der Waals surface area (Å²) in [5, 5.41) is 3.33. The number of hydrogen-bond donors (Lipinski definition) is 1. The Morgan fingerprint density at radius 2 is 1.97 bits per heavy atom. The molecule has 2 fully saturated rings. The predicted molar refractivity (Wildman–Crippen MR) is 120 cm³/mol. The Morgan fingerprint density at radius 3 is 2.57 bits per heavy atom. The van der Waals surface area contributed by atoms with E-state index in [1.807, 2.05) is 24.8 Å². The Bertz CT molecular complexity index is 836. The molecule has 1 aliphatic carbocycles. The van der Waals surface area contributed by atoms with Gasteiger partial charge in [-0.05, 0) is 69.2 Å². The molecule has 1 amide bonds. The van der Waals surface area contributed by atoms with Crippen LogP contribution in [-0.4, -0.2) is 61.3 Å². The molecule has 1 aromatic carbocycles. The van der Waals surface area contributed by atoms with Crippen molar-refractivity contribution in [3.8, 4) is 0 Å². The highest BCUT2D eigenvalue weighted by molar-refractivity contribution is 7.89. The summed E-state index contributed by atoms with van der Waals surface area (Å²) in [6.45, 7) is 10.1. The second-order valence-electron chi connectivity index (χ2n) is 9.20. The van der Waals surface area contributed by atoms with Crippen molar-refractivity contribution < 1.29 is 13.2 Å². The summed E-state index contributed by atoms with van der Waals surface area (Å²) in [6, 6.07) is 6.87. The van der Waals surface area contributed by atoms with Gasteiger partial charge in [-0.25, -0.2) is 8.42 Å². The van der Waals surface area contributed by atoms with E-state index in [2.05, 4.69) is 19.2 Å². The van der Waals surface area contributed by atoms with Gasteiger partial charge >= 0.3 is 0 Å². The number of nitrogens with zero attached hydrogens (tertiary/aromatic N) is 2. The number of likely N-dealkylation sites (N-methyl/N-ethyl adjacent to an activating group) is 1. The van der Waals surface area contributed by atoms with Crippen LogP contribution in [0.25, 0.3) is 0 Å². The second kappa shape index (κ2) is 9.79. The van der Waals surface area contributed by atoms with Gasteiger partial charge in [0, 0.05) is 25.2 Å². The van der Waals surface area contributed by atoms with Crippen molar-refractivity contribution in [3.63, 3.8) is 0 Å². The molecule has 3 rings (SSSR count). The van der Waals surface area contributed by atoms with Crippen molar-refractivity contribution in [1.29, 1.82) is 0 Å². The first-order chi connectivity index (χ1) is 14.2. The molecule has 0 aromatic heterocycles. The summed E-state index contributed by atoms with van der Waals surface area (Å²) in [5.41, 5.74) is 0.939. The molecule has 1 aromatic rings. The van der Waals surface area contributed by atoms with E-state index in [1.54, 1.807) is 22.5 Å². The van der Waals surface area contributed by atoms with Crippen LogP contribution in [0, 0.1) is 12.8 Å². The Labute approximate surface area is 182 Å². The molecule has 1 saturated carbocycles. The maximum absolute atomic E-state index is 13.5. The Hall–Kier alpha value is -1.44. The van der Waals surface area contributed by atoms with E-state index >= 15 is 0 Å². The molecule has 2 atom stereocenters. The van der Waals surface area contributed by atoms with Crippen LogP contribution in [0.5, 0.6) is 0 Å². The summed E-state index contributed by atoms with van der Waals surface area (Å²) < 4.78 is 28.8. The minimum absolute atomic E-state index is 0.0655. The molecule has 0 bridgehead atoms. The Kier molecular flexibility index (Phi) is 7.58. The molecule has 1 N–H and O–H groups in total. The van der Waals surface area contributed by atoms with Crippen LogP contribution in [0.2, 0.25) is 0 Å². The highest BCUT2D eigenvalue weighted by Crippen LogP contribution is 2.36. The lowest BCUT2D eigenvalue weighted by atomic mass is 10.00. The number of hydrogen-bond acceptors (Lipinski definition) is 4. The van der Waals surface area contributed by atoms with Crippen LogP contribution >= 0.6 is 0 Å². The zero-order chi connectivity index (χ0) is 21.9. The average molecular weight is 436 g/mol. The molecule has 168 valence electrons. The number of aryl methyl sites for hydroxylation is 1. The third kappa shape index (κ3) is 5.42. The van der Waals surface area contributed by atoms with Crippen LogP contribution in [0.15, 0.2) is 29.2 Å². The quantitative estimate of drug-likeness (QED) is 0.647. The Balaban J connectivity index is 1.80. The predicted octanol–water partition coefficient (Wildman–Crippen LogP) is 3.16. The topological polar surface area (TPSA) is 69.7 Å². The molecule has 0 spiro atoms. The number of benzene rings is 1. The standard InChI is InChI=1S/C23H37N3O3S/c1-5-24-22(14-17(2)3)23(27)25-13-7-9-20(16-25)26(19-11-12-19)30(28,29)21-10-6-8-18(4)15-21/h6,8,10,15,17,19-20,22,24H,5,7,9,11-14,16H2,1-4H3/t20?,22-/m0/s1. The van der Waals surface area contributed by atoms with Gasteiger partial charge in [0.1, 0.15) is 0 Å². The maximum Gasteiger partial charge on any atom is 0.243 e. The molecule has 1 saturated heterocycles. The number of amides is 1. The van der Waals surface area contributed by atoms with Gasteiger partial charge in [0.2, 0.25) is 15.9 Å². The summed E-state index contributed by atoms with van der Waals surface area (Å²) in [5.74, 6) is 0.530.